The molecule has 1 aliphatic heterocycles. The first-order chi connectivity index (χ1) is 8.79. The van der Waals surface area contributed by atoms with E-state index in [-0.39, 0.29) is 0 Å². The van der Waals surface area contributed by atoms with E-state index in [1.54, 1.807) is 0 Å². The van der Waals surface area contributed by atoms with Crippen LogP contribution in [0.2, 0.25) is 0 Å². The Morgan fingerprint density at radius 3 is 3.00 bits per heavy atom. The van der Waals surface area contributed by atoms with Crippen LogP contribution >= 0.6 is 31.9 Å². The minimum Gasteiger partial charge on any atom is -0.374 e. The predicted octanol–water partition coefficient (Wildman–Crippen LogP) is 4.10. The highest BCUT2D eigenvalue weighted by Crippen LogP contribution is 2.36. The van der Waals surface area contributed by atoms with Crippen molar-refractivity contribution in [1.82, 2.24) is 0 Å². The summed E-state index contributed by atoms with van der Waals surface area (Å²) >= 11 is 7.22. The van der Waals surface area contributed by atoms with Gasteiger partial charge in [-0.1, -0.05) is 22.0 Å². The minimum atomic E-state index is 0.446. The van der Waals surface area contributed by atoms with Crippen molar-refractivity contribution in [1.29, 1.82) is 0 Å². The Hall–Kier alpha value is -0.0600. The van der Waals surface area contributed by atoms with Crippen molar-refractivity contribution in [2.24, 2.45) is 0 Å². The summed E-state index contributed by atoms with van der Waals surface area (Å²) in [6, 6.07) is 7.23. The normalized spacial score (nSPS) is 27.3. The quantitative estimate of drug-likeness (QED) is 0.722. The number of anilines is 1. The van der Waals surface area contributed by atoms with Crippen molar-refractivity contribution in [3.63, 3.8) is 0 Å². The molecule has 0 N–H and O–H groups in total. The third-order valence-electron chi connectivity index (χ3n) is 3.96. The fourth-order valence-corrected chi connectivity index (χ4v) is 4.09. The van der Waals surface area contributed by atoms with Gasteiger partial charge in [0, 0.05) is 16.3 Å². The molecule has 0 aromatic heterocycles. The lowest BCUT2D eigenvalue weighted by Crippen LogP contribution is -2.48. The van der Waals surface area contributed by atoms with Gasteiger partial charge in [-0.3, -0.25) is 0 Å². The summed E-state index contributed by atoms with van der Waals surface area (Å²) in [5.74, 6) is 0. The molecule has 3 rings (SSSR count). The molecule has 1 aliphatic carbocycles. The van der Waals surface area contributed by atoms with Crippen LogP contribution < -0.4 is 4.90 Å². The highest BCUT2D eigenvalue weighted by atomic mass is 79.9. The highest BCUT2D eigenvalue weighted by molar-refractivity contribution is 9.10. The number of hydrogen-bond donors (Lipinski definition) is 0. The highest BCUT2D eigenvalue weighted by Gasteiger charge is 2.36. The van der Waals surface area contributed by atoms with Gasteiger partial charge in [-0.05, 0) is 52.9 Å². The zero-order valence-corrected chi connectivity index (χ0v) is 13.4. The van der Waals surface area contributed by atoms with Gasteiger partial charge in [0.1, 0.15) is 0 Å². The van der Waals surface area contributed by atoms with Gasteiger partial charge < -0.3 is 9.64 Å². The van der Waals surface area contributed by atoms with E-state index in [1.165, 1.54) is 35.0 Å². The van der Waals surface area contributed by atoms with Crippen molar-refractivity contribution >= 4 is 37.5 Å². The van der Waals surface area contributed by atoms with Crippen LogP contribution in [-0.4, -0.2) is 25.3 Å². The number of hydrogen-bond acceptors (Lipinski definition) is 2. The summed E-state index contributed by atoms with van der Waals surface area (Å²) in [6.45, 7) is 1.86. The van der Waals surface area contributed by atoms with E-state index in [0.29, 0.717) is 12.1 Å². The number of halogens is 2. The number of fused-ring (bicyclic) bond motifs is 1. The van der Waals surface area contributed by atoms with Crippen LogP contribution in [0.5, 0.6) is 0 Å². The van der Waals surface area contributed by atoms with Crippen LogP contribution in [0.3, 0.4) is 0 Å². The molecule has 1 aromatic rings. The molecule has 1 heterocycles. The van der Waals surface area contributed by atoms with Crippen molar-refractivity contribution < 1.29 is 4.74 Å². The third kappa shape index (κ3) is 2.35. The van der Waals surface area contributed by atoms with Crippen LogP contribution in [0.4, 0.5) is 5.69 Å². The maximum atomic E-state index is 5.87. The molecule has 2 atom stereocenters. The van der Waals surface area contributed by atoms with Crippen molar-refractivity contribution in [3.8, 4) is 0 Å². The number of benzene rings is 1. The van der Waals surface area contributed by atoms with Gasteiger partial charge >= 0.3 is 0 Å². The summed E-state index contributed by atoms with van der Waals surface area (Å²) in [7, 11) is 0. The average molecular weight is 375 g/mol. The van der Waals surface area contributed by atoms with Crippen LogP contribution in [0.1, 0.15) is 24.8 Å². The van der Waals surface area contributed by atoms with Gasteiger partial charge in [-0.25, -0.2) is 0 Å². The molecule has 4 heteroatoms. The second kappa shape index (κ2) is 5.51. The summed E-state index contributed by atoms with van der Waals surface area (Å²) in [6.07, 6.45) is 4.22. The van der Waals surface area contributed by atoms with Gasteiger partial charge in [-0.15, -0.1) is 0 Å². The van der Waals surface area contributed by atoms with Crippen LogP contribution in [-0.2, 0) is 10.1 Å². The number of ether oxygens (including phenoxy) is 1. The molecular weight excluding hydrogens is 358 g/mol. The molecule has 0 radical (unpaired) electrons. The first-order valence-electron chi connectivity index (χ1n) is 6.52. The van der Waals surface area contributed by atoms with Gasteiger partial charge in [0.05, 0.1) is 24.4 Å². The molecule has 1 aromatic carbocycles. The summed E-state index contributed by atoms with van der Waals surface area (Å²) in [5, 5.41) is 0.904. The Morgan fingerprint density at radius 1 is 1.33 bits per heavy atom. The fraction of sp³-hybridized carbons (Fsp3) is 0.571. The first kappa shape index (κ1) is 12.9. The Kier molecular flexibility index (Phi) is 3.97. The first-order valence-corrected chi connectivity index (χ1v) is 8.43. The maximum Gasteiger partial charge on any atom is 0.0779 e. The molecule has 2 nitrogen and oxygen atoms in total. The van der Waals surface area contributed by atoms with E-state index in [2.05, 4.69) is 55.0 Å². The standard InChI is InChI=1S/C14H17Br2NO/c15-9-10-4-5-12(11(16)8-10)17-6-7-18-14-3-1-2-13(14)17/h4-5,8,13-14H,1-3,6-7,9H2. The summed E-state index contributed by atoms with van der Waals surface area (Å²) < 4.78 is 7.07. The SMILES string of the molecule is BrCc1ccc(N2CCOC3CCCC32)c(Br)c1. The van der Waals surface area contributed by atoms with E-state index in [4.69, 9.17) is 4.74 Å². The van der Waals surface area contributed by atoms with Crippen molar-refractivity contribution in [2.45, 2.75) is 36.7 Å². The molecule has 18 heavy (non-hydrogen) atoms. The minimum absolute atomic E-state index is 0.446. The van der Waals surface area contributed by atoms with Crippen LogP contribution in [0.15, 0.2) is 22.7 Å². The topological polar surface area (TPSA) is 12.5 Å². The fourth-order valence-electron chi connectivity index (χ4n) is 3.09. The zero-order chi connectivity index (χ0) is 12.5. The van der Waals surface area contributed by atoms with Gasteiger partial charge in [0.15, 0.2) is 0 Å². The Labute approximate surface area is 125 Å². The molecule has 1 saturated carbocycles. The predicted molar refractivity (Wildman–Crippen MR) is 81.5 cm³/mol. The smallest absolute Gasteiger partial charge is 0.0779 e. The summed E-state index contributed by atoms with van der Waals surface area (Å²) in [5.41, 5.74) is 2.63. The van der Waals surface area contributed by atoms with E-state index >= 15 is 0 Å². The second-order valence-corrected chi connectivity index (χ2v) is 6.44. The van der Waals surface area contributed by atoms with E-state index in [0.717, 1.165) is 18.5 Å². The average Bonchev–Trinajstić information content (AvgIpc) is 2.87. The van der Waals surface area contributed by atoms with E-state index < -0.39 is 0 Å². The number of alkyl halides is 1. The largest absolute Gasteiger partial charge is 0.374 e. The van der Waals surface area contributed by atoms with E-state index in [9.17, 15) is 0 Å². The Balaban J connectivity index is 1.89. The number of nitrogens with zero attached hydrogens (tertiary/aromatic N) is 1. The van der Waals surface area contributed by atoms with Gasteiger partial charge in [0.2, 0.25) is 0 Å². The Bertz CT molecular complexity index is 438. The van der Waals surface area contributed by atoms with Gasteiger partial charge in [0.25, 0.3) is 0 Å². The summed E-state index contributed by atoms with van der Waals surface area (Å²) in [4.78, 5) is 2.53. The Morgan fingerprint density at radius 2 is 2.22 bits per heavy atom. The number of morpholine rings is 1. The van der Waals surface area contributed by atoms with Crippen molar-refractivity contribution in [3.05, 3.63) is 28.2 Å². The molecule has 2 aliphatic rings. The second-order valence-electron chi connectivity index (χ2n) is 5.02. The lowest BCUT2D eigenvalue weighted by molar-refractivity contribution is 0.0256. The lowest BCUT2D eigenvalue weighted by atomic mass is 10.1. The molecule has 1 saturated heterocycles. The van der Waals surface area contributed by atoms with E-state index in [1.807, 2.05) is 0 Å². The van der Waals surface area contributed by atoms with Crippen LogP contribution in [0, 0.1) is 0 Å². The molecular formula is C14H17Br2NO. The molecule has 2 unspecified atom stereocenters. The van der Waals surface area contributed by atoms with Crippen LogP contribution in [0.25, 0.3) is 0 Å². The molecule has 0 spiro atoms. The molecule has 0 bridgehead atoms. The monoisotopic (exact) mass is 373 g/mol. The molecule has 2 fully saturated rings. The van der Waals surface area contributed by atoms with Crippen molar-refractivity contribution in [2.75, 3.05) is 18.1 Å². The molecule has 0 amide bonds. The zero-order valence-electron chi connectivity index (χ0n) is 10.2. The maximum absolute atomic E-state index is 5.87. The number of rotatable bonds is 2. The van der Waals surface area contributed by atoms with Gasteiger partial charge in [-0.2, -0.15) is 0 Å². The molecule has 98 valence electrons. The lowest BCUT2D eigenvalue weighted by Gasteiger charge is -2.39. The third-order valence-corrected chi connectivity index (χ3v) is 5.24.